The molecule has 5 aromatic rings. The van der Waals surface area contributed by atoms with Gasteiger partial charge in [0.15, 0.2) is 5.65 Å². The fourth-order valence-corrected chi connectivity index (χ4v) is 3.58. The summed E-state index contributed by atoms with van der Waals surface area (Å²) in [4.78, 5) is 25.3. The van der Waals surface area contributed by atoms with Crippen LogP contribution in [0.5, 0.6) is 5.75 Å². The lowest BCUT2D eigenvalue weighted by molar-refractivity contribution is -0.117. The van der Waals surface area contributed by atoms with E-state index >= 15 is 0 Å². The van der Waals surface area contributed by atoms with Gasteiger partial charge in [0.2, 0.25) is 5.91 Å². The van der Waals surface area contributed by atoms with Crippen molar-refractivity contribution in [2.45, 2.75) is 13.5 Å². The van der Waals surface area contributed by atoms with Crippen LogP contribution in [0.1, 0.15) is 5.56 Å². The van der Waals surface area contributed by atoms with Gasteiger partial charge in [-0.25, -0.2) is 18.4 Å². The number of aromatic nitrogens is 5. The molecule has 0 saturated heterocycles. The molecule has 0 radical (unpaired) electrons. The summed E-state index contributed by atoms with van der Waals surface area (Å²) in [7, 11) is 1.62. The molecular formula is C23H20N6O3. The number of aryl methyl sites for hydroxylation is 1. The van der Waals surface area contributed by atoms with E-state index < -0.39 is 5.69 Å². The maximum atomic E-state index is 12.8. The van der Waals surface area contributed by atoms with Crippen molar-refractivity contribution in [2.75, 3.05) is 12.4 Å². The van der Waals surface area contributed by atoms with Crippen LogP contribution in [0.3, 0.4) is 0 Å². The summed E-state index contributed by atoms with van der Waals surface area (Å²) >= 11 is 0. The number of carbonyl (C=O) groups excluding carboxylic acids is 1. The van der Waals surface area contributed by atoms with Crippen molar-refractivity contribution in [1.29, 1.82) is 0 Å². The molecule has 0 aliphatic rings. The maximum Gasteiger partial charge on any atom is 0.350 e. The summed E-state index contributed by atoms with van der Waals surface area (Å²) in [5.74, 6) is 0.433. The molecule has 9 nitrogen and oxygen atoms in total. The SMILES string of the molecule is COc1ccc(-c2cc3c4nn(CC(=O)Nc5ccccc5C)c(=O)n4ccn3n2)cc1. The Balaban J connectivity index is 1.49. The second-order valence-corrected chi connectivity index (χ2v) is 7.38. The van der Waals surface area contributed by atoms with Crippen LogP contribution in [0, 0.1) is 6.92 Å². The zero-order chi connectivity index (χ0) is 22.2. The first kappa shape index (κ1) is 19.6. The number of hydrogen-bond donors (Lipinski definition) is 1. The molecule has 3 heterocycles. The lowest BCUT2D eigenvalue weighted by atomic mass is 10.1. The van der Waals surface area contributed by atoms with Crippen LogP contribution in [0.15, 0.2) is 71.8 Å². The van der Waals surface area contributed by atoms with E-state index in [9.17, 15) is 9.59 Å². The van der Waals surface area contributed by atoms with Gasteiger partial charge in [-0.05, 0) is 48.9 Å². The number of fused-ring (bicyclic) bond motifs is 3. The van der Waals surface area contributed by atoms with Gasteiger partial charge in [-0.2, -0.15) is 5.10 Å². The normalized spacial score (nSPS) is 11.2. The Morgan fingerprint density at radius 2 is 1.84 bits per heavy atom. The molecule has 2 aromatic carbocycles. The van der Waals surface area contributed by atoms with Crippen molar-refractivity contribution in [1.82, 2.24) is 23.8 Å². The van der Waals surface area contributed by atoms with Crippen molar-refractivity contribution >= 4 is 22.8 Å². The molecule has 5 rings (SSSR count). The molecule has 0 atom stereocenters. The number of anilines is 1. The van der Waals surface area contributed by atoms with Crippen LogP contribution >= 0.6 is 0 Å². The fraction of sp³-hybridized carbons (Fsp3) is 0.130. The van der Waals surface area contributed by atoms with Gasteiger partial charge < -0.3 is 10.1 Å². The first-order chi connectivity index (χ1) is 15.5. The minimum atomic E-state index is -0.394. The minimum absolute atomic E-state index is 0.194. The summed E-state index contributed by atoms with van der Waals surface area (Å²) in [5, 5.41) is 11.8. The number of nitrogens with zero attached hydrogens (tertiary/aromatic N) is 5. The highest BCUT2D eigenvalue weighted by Crippen LogP contribution is 2.23. The van der Waals surface area contributed by atoms with Crippen LogP contribution in [-0.4, -0.2) is 36.8 Å². The van der Waals surface area contributed by atoms with Crippen molar-refractivity contribution in [3.63, 3.8) is 0 Å². The third-order valence-electron chi connectivity index (χ3n) is 5.29. The Labute approximate surface area is 182 Å². The zero-order valence-electron chi connectivity index (χ0n) is 17.5. The molecule has 32 heavy (non-hydrogen) atoms. The van der Waals surface area contributed by atoms with E-state index in [1.807, 2.05) is 61.5 Å². The van der Waals surface area contributed by atoms with E-state index in [0.717, 1.165) is 27.3 Å². The summed E-state index contributed by atoms with van der Waals surface area (Å²) in [6.45, 7) is 1.71. The van der Waals surface area contributed by atoms with Gasteiger partial charge in [0, 0.05) is 23.6 Å². The molecule has 0 saturated carbocycles. The van der Waals surface area contributed by atoms with Crippen LogP contribution < -0.4 is 15.7 Å². The third kappa shape index (κ3) is 3.39. The third-order valence-corrected chi connectivity index (χ3v) is 5.29. The molecule has 1 N–H and O–H groups in total. The first-order valence-corrected chi connectivity index (χ1v) is 10.0. The van der Waals surface area contributed by atoms with Gasteiger partial charge in [-0.3, -0.25) is 4.79 Å². The summed E-state index contributed by atoms with van der Waals surface area (Å²) in [6.07, 6.45) is 3.29. The number of amides is 1. The molecule has 0 aliphatic heterocycles. The van der Waals surface area contributed by atoms with E-state index in [4.69, 9.17) is 4.74 Å². The number of hydrogen-bond acceptors (Lipinski definition) is 5. The molecule has 0 spiro atoms. The molecule has 1 amide bonds. The van der Waals surface area contributed by atoms with Crippen LogP contribution in [0.25, 0.3) is 22.4 Å². The Morgan fingerprint density at radius 1 is 1.06 bits per heavy atom. The number of rotatable bonds is 5. The second-order valence-electron chi connectivity index (χ2n) is 7.38. The smallest absolute Gasteiger partial charge is 0.350 e. The molecular weight excluding hydrogens is 408 g/mol. The van der Waals surface area contributed by atoms with E-state index in [1.54, 1.807) is 24.0 Å². The Kier molecular flexibility index (Phi) is 4.70. The van der Waals surface area contributed by atoms with Crippen LogP contribution in [0.2, 0.25) is 0 Å². The second kappa shape index (κ2) is 7.69. The van der Waals surface area contributed by atoms with Crippen molar-refractivity contribution in [3.05, 3.63) is 83.0 Å². The van der Waals surface area contributed by atoms with Gasteiger partial charge in [0.25, 0.3) is 0 Å². The highest BCUT2D eigenvalue weighted by atomic mass is 16.5. The van der Waals surface area contributed by atoms with Crippen LogP contribution in [0.4, 0.5) is 5.69 Å². The predicted octanol–water partition coefficient (Wildman–Crippen LogP) is 2.77. The van der Waals surface area contributed by atoms with Crippen molar-refractivity contribution < 1.29 is 9.53 Å². The maximum absolute atomic E-state index is 12.8. The largest absolute Gasteiger partial charge is 0.497 e. The zero-order valence-corrected chi connectivity index (χ0v) is 17.5. The molecule has 0 aliphatic carbocycles. The van der Waals surface area contributed by atoms with E-state index in [0.29, 0.717) is 16.9 Å². The Hall–Kier alpha value is -4.40. The van der Waals surface area contributed by atoms with Gasteiger partial charge in [0.05, 0.1) is 12.8 Å². The number of ether oxygens (including phenoxy) is 1. The monoisotopic (exact) mass is 428 g/mol. The Morgan fingerprint density at radius 3 is 2.59 bits per heavy atom. The average Bonchev–Trinajstić information content (AvgIpc) is 3.37. The lowest BCUT2D eigenvalue weighted by Gasteiger charge is -2.07. The molecule has 3 aromatic heterocycles. The number of nitrogens with one attached hydrogen (secondary N) is 1. The van der Waals surface area contributed by atoms with E-state index in [2.05, 4.69) is 15.5 Å². The minimum Gasteiger partial charge on any atom is -0.497 e. The predicted molar refractivity (Wildman–Crippen MR) is 120 cm³/mol. The fourth-order valence-electron chi connectivity index (χ4n) is 3.58. The van der Waals surface area contributed by atoms with Crippen molar-refractivity contribution in [3.8, 4) is 17.0 Å². The number of para-hydroxylation sites is 1. The number of methoxy groups -OCH3 is 1. The summed E-state index contributed by atoms with van der Waals surface area (Å²) in [5.41, 5.74) is 3.98. The van der Waals surface area contributed by atoms with Gasteiger partial charge in [-0.1, -0.05) is 18.2 Å². The van der Waals surface area contributed by atoms with Gasteiger partial charge in [-0.15, -0.1) is 5.10 Å². The molecule has 160 valence electrons. The van der Waals surface area contributed by atoms with Gasteiger partial charge >= 0.3 is 5.69 Å². The van der Waals surface area contributed by atoms with E-state index in [1.165, 1.54) is 4.40 Å². The van der Waals surface area contributed by atoms with Crippen molar-refractivity contribution in [2.24, 2.45) is 0 Å². The summed E-state index contributed by atoms with van der Waals surface area (Å²) in [6, 6.07) is 16.9. The standard InChI is InChI=1S/C23H20N6O3/c1-15-5-3-4-6-18(15)24-21(30)14-29-23(31)27-11-12-28-20(22(27)26-29)13-19(25-28)16-7-9-17(32-2)10-8-16/h3-13H,14H2,1-2H3,(H,24,30). The lowest BCUT2D eigenvalue weighted by Crippen LogP contribution is -2.28. The number of carbonyl (C=O) groups is 1. The Bertz CT molecular complexity index is 1510. The van der Waals surface area contributed by atoms with Gasteiger partial charge in [0.1, 0.15) is 17.8 Å². The molecule has 0 fully saturated rings. The number of benzene rings is 2. The average molecular weight is 428 g/mol. The molecule has 0 unspecified atom stereocenters. The van der Waals surface area contributed by atoms with E-state index in [-0.39, 0.29) is 12.5 Å². The highest BCUT2D eigenvalue weighted by molar-refractivity contribution is 5.91. The molecule has 9 heteroatoms. The topological polar surface area (TPSA) is 94.9 Å². The molecule has 0 bridgehead atoms. The summed E-state index contributed by atoms with van der Waals surface area (Å²) < 4.78 is 9.44. The highest BCUT2D eigenvalue weighted by Gasteiger charge is 2.15. The van der Waals surface area contributed by atoms with Crippen LogP contribution in [-0.2, 0) is 11.3 Å². The quantitative estimate of drug-likeness (QED) is 0.465. The first-order valence-electron chi connectivity index (χ1n) is 10.0.